The van der Waals surface area contributed by atoms with E-state index in [-0.39, 0.29) is 42.9 Å². The Morgan fingerprint density at radius 3 is 1.90 bits per heavy atom. The third-order valence-electron chi connectivity index (χ3n) is 6.71. The molecule has 0 radical (unpaired) electrons. The molecule has 4 aromatic carbocycles. The number of rotatable bonds is 7. The van der Waals surface area contributed by atoms with Gasteiger partial charge in [-0.1, -0.05) is 60.4 Å². The molecule has 6 nitrogen and oxygen atoms in total. The molecule has 0 aliphatic heterocycles. The Labute approximate surface area is 243 Å². The number of carbonyl (C=O) groups is 1. The van der Waals surface area contributed by atoms with E-state index in [1.54, 1.807) is 60.7 Å². The maximum Gasteiger partial charge on any atom is 0.178 e. The van der Waals surface area contributed by atoms with Crippen LogP contribution in [0.25, 0.3) is 16.7 Å². The second kappa shape index (κ2) is 12.9. The van der Waals surface area contributed by atoms with Crippen LogP contribution in [0.4, 0.5) is 0 Å². The van der Waals surface area contributed by atoms with Crippen molar-refractivity contribution in [1.82, 2.24) is 0 Å². The number of phenols is 3. The lowest BCUT2D eigenvalue weighted by atomic mass is 9.82. The van der Waals surface area contributed by atoms with Crippen LogP contribution < -0.4 is 0 Å². The van der Waals surface area contributed by atoms with Crippen molar-refractivity contribution in [3.63, 3.8) is 0 Å². The molecule has 0 aromatic heterocycles. The molecule has 208 valence electrons. The van der Waals surface area contributed by atoms with E-state index >= 15 is 0 Å². The minimum Gasteiger partial charge on any atom is -0.508 e. The van der Waals surface area contributed by atoms with Gasteiger partial charge in [-0.05, 0) is 94.1 Å². The van der Waals surface area contributed by atoms with E-state index in [1.165, 1.54) is 12.2 Å². The highest BCUT2D eigenvalue weighted by molar-refractivity contribution is 6.04. The molecule has 0 atom stereocenters. The highest BCUT2D eigenvalue weighted by atomic mass is 16.5. The van der Waals surface area contributed by atoms with Gasteiger partial charge in [0.1, 0.15) is 17.2 Å². The van der Waals surface area contributed by atoms with E-state index in [9.17, 15) is 25.2 Å². The van der Waals surface area contributed by atoms with Crippen molar-refractivity contribution in [2.24, 2.45) is 0 Å². The fourth-order valence-electron chi connectivity index (χ4n) is 4.68. The van der Waals surface area contributed by atoms with Gasteiger partial charge in [-0.15, -0.1) is 0 Å². The van der Waals surface area contributed by atoms with E-state index in [0.717, 1.165) is 39.0 Å². The molecular weight excluding hydrogens is 528 g/mol. The van der Waals surface area contributed by atoms with E-state index in [0.29, 0.717) is 11.1 Å². The predicted molar refractivity (Wildman–Crippen MR) is 162 cm³/mol. The number of hydrogen-bond donors (Lipinski definition) is 4. The second-order valence-corrected chi connectivity index (χ2v) is 9.59. The Kier molecular flexibility index (Phi) is 8.64. The summed E-state index contributed by atoms with van der Waals surface area (Å²) in [4.78, 5) is 12.1. The number of allylic oxidation sites excluding steroid dienone is 5. The molecule has 4 N–H and O–H groups in total. The SMILES string of the molecule is O=C1C=CC(=C(c2ccc(O)cc2)c2c(-c3ccc(O)cc3)ccc(COCCO)c2C#Cc2ccc(O)cc2)C=C1. The summed E-state index contributed by atoms with van der Waals surface area (Å²) in [6, 6.07) is 24.2. The van der Waals surface area contributed by atoms with Gasteiger partial charge in [0.05, 0.1) is 19.8 Å². The lowest BCUT2D eigenvalue weighted by Gasteiger charge is -2.22. The molecule has 5 rings (SSSR count). The molecule has 0 spiro atoms. The number of ketones is 1. The molecule has 42 heavy (non-hydrogen) atoms. The van der Waals surface area contributed by atoms with Crippen LogP contribution in [0.15, 0.2) is 115 Å². The molecule has 1 aliphatic rings. The predicted octanol–water partition coefficient (Wildman–Crippen LogP) is 5.88. The number of phenolic OH excluding ortho intramolecular Hbond substituents is 3. The molecule has 0 unspecified atom stereocenters. The van der Waals surface area contributed by atoms with Crippen LogP contribution in [-0.2, 0) is 16.1 Å². The van der Waals surface area contributed by atoms with E-state index in [4.69, 9.17) is 4.74 Å². The zero-order valence-electron chi connectivity index (χ0n) is 22.6. The normalized spacial score (nSPS) is 12.2. The first-order valence-corrected chi connectivity index (χ1v) is 13.3. The standard InChI is InChI=1S/C36H28O6/c37-21-22-42-23-28-10-20-33(25-4-13-30(39)14-5-25)36(34(28)19-3-24-1-11-29(38)12-2-24)35(26-6-15-31(40)16-7-26)27-8-17-32(41)18-9-27/h1-2,4-18,20,37-40H,21-23H2. The molecule has 6 heteroatoms. The number of benzene rings is 4. The van der Waals surface area contributed by atoms with Crippen molar-refractivity contribution in [2.75, 3.05) is 13.2 Å². The molecule has 0 saturated heterocycles. The van der Waals surface area contributed by atoms with Gasteiger partial charge in [0, 0.05) is 16.7 Å². The zero-order valence-corrected chi connectivity index (χ0v) is 22.6. The number of aliphatic hydroxyl groups excluding tert-OH is 1. The van der Waals surface area contributed by atoms with Gasteiger partial charge in [0.25, 0.3) is 0 Å². The number of ether oxygens (including phenoxy) is 1. The summed E-state index contributed by atoms with van der Waals surface area (Å²) in [6.45, 7) is 0.212. The highest BCUT2D eigenvalue weighted by Gasteiger charge is 2.22. The van der Waals surface area contributed by atoms with Gasteiger partial charge in [0.2, 0.25) is 0 Å². The zero-order chi connectivity index (χ0) is 29.5. The fourth-order valence-corrected chi connectivity index (χ4v) is 4.68. The lowest BCUT2D eigenvalue weighted by molar-refractivity contribution is -0.110. The molecule has 4 aromatic rings. The van der Waals surface area contributed by atoms with E-state index < -0.39 is 0 Å². The minimum atomic E-state index is -0.126. The van der Waals surface area contributed by atoms with Crippen molar-refractivity contribution >= 4 is 11.4 Å². The van der Waals surface area contributed by atoms with Crippen LogP contribution in [0.2, 0.25) is 0 Å². The average Bonchev–Trinajstić information content (AvgIpc) is 3.00. The second-order valence-electron chi connectivity index (χ2n) is 9.59. The van der Waals surface area contributed by atoms with Crippen molar-refractivity contribution in [1.29, 1.82) is 0 Å². The summed E-state index contributed by atoms with van der Waals surface area (Å²) in [5, 5.41) is 39.2. The van der Waals surface area contributed by atoms with Gasteiger partial charge < -0.3 is 25.2 Å². The number of aromatic hydroxyl groups is 3. The Bertz CT molecular complexity index is 1730. The first-order chi connectivity index (χ1) is 20.4. The largest absolute Gasteiger partial charge is 0.508 e. The quantitative estimate of drug-likeness (QED) is 0.167. The van der Waals surface area contributed by atoms with E-state index in [1.807, 2.05) is 36.4 Å². The number of hydrogen-bond acceptors (Lipinski definition) is 6. The molecule has 1 aliphatic carbocycles. The van der Waals surface area contributed by atoms with Crippen LogP contribution in [0, 0.1) is 11.8 Å². The Morgan fingerprint density at radius 1 is 0.690 bits per heavy atom. The van der Waals surface area contributed by atoms with Crippen molar-refractivity contribution in [3.05, 3.63) is 143 Å². The Balaban J connectivity index is 1.86. The molecule has 0 bridgehead atoms. The van der Waals surface area contributed by atoms with Crippen molar-refractivity contribution < 1.29 is 30.0 Å². The Morgan fingerprint density at radius 2 is 1.29 bits per heavy atom. The molecule has 0 amide bonds. The lowest BCUT2D eigenvalue weighted by Crippen LogP contribution is -2.06. The third kappa shape index (κ3) is 6.51. The first kappa shape index (κ1) is 28.2. The van der Waals surface area contributed by atoms with Crippen molar-refractivity contribution in [3.8, 4) is 40.2 Å². The third-order valence-corrected chi connectivity index (χ3v) is 6.71. The van der Waals surface area contributed by atoms with Crippen LogP contribution in [-0.4, -0.2) is 39.4 Å². The summed E-state index contributed by atoms with van der Waals surface area (Å²) >= 11 is 0. The van der Waals surface area contributed by atoms with Crippen LogP contribution in [0.3, 0.4) is 0 Å². The van der Waals surface area contributed by atoms with Gasteiger partial charge in [-0.2, -0.15) is 0 Å². The van der Waals surface area contributed by atoms with Crippen molar-refractivity contribution in [2.45, 2.75) is 6.61 Å². The Hall–Kier alpha value is -5.35. The first-order valence-electron chi connectivity index (χ1n) is 13.3. The number of aliphatic hydroxyl groups is 1. The van der Waals surface area contributed by atoms with Gasteiger partial charge in [-0.3, -0.25) is 4.79 Å². The fraction of sp³-hybridized carbons (Fsp3) is 0.0833. The topological polar surface area (TPSA) is 107 Å². The highest BCUT2D eigenvalue weighted by Crippen LogP contribution is 2.40. The van der Waals surface area contributed by atoms with Gasteiger partial charge in [-0.25, -0.2) is 0 Å². The number of carbonyl (C=O) groups excluding carboxylic acids is 1. The van der Waals surface area contributed by atoms with Crippen LogP contribution in [0.1, 0.15) is 27.8 Å². The molecule has 0 heterocycles. The maximum atomic E-state index is 12.1. The van der Waals surface area contributed by atoms with Gasteiger partial charge in [0.15, 0.2) is 5.78 Å². The summed E-state index contributed by atoms with van der Waals surface area (Å²) in [5.74, 6) is 6.83. The maximum absolute atomic E-state index is 12.1. The summed E-state index contributed by atoms with van der Waals surface area (Å²) in [5.41, 5.74) is 6.88. The molecule has 0 fully saturated rings. The average molecular weight is 557 g/mol. The monoisotopic (exact) mass is 556 g/mol. The van der Waals surface area contributed by atoms with E-state index in [2.05, 4.69) is 11.8 Å². The smallest absolute Gasteiger partial charge is 0.178 e. The summed E-state index contributed by atoms with van der Waals surface area (Å²) in [6.07, 6.45) is 6.53. The van der Waals surface area contributed by atoms with Crippen LogP contribution >= 0.6 is 0 Å². The summed E-state index contributed by atoms with van der Waals surface area (Å²) in [7, 11) is 0. The van der Waals surface area contributed by atoms with Gasteiger partial charge >= 0.3 is 0 Å². The molecular formula is C36H28O6. The van der Waals surface area contributed by atoms with Crippen LogP contribution in [0.5, 0.6) is 17.2 Å². The molecule has 0 saturated carbocycles. The summed E-state index contributed by atoms with van der Waals surface area (Å²) < 4.78 is 5.75. The minimum absolute atomic E-state index is 0.116.